The zero-order chi connectivity index (χ0) is 15.4. The van der Waals surface area contributed by atoms with E-state index in [9.17, 15) is 15.2 Å². The van der Waals surface area contributed by atoms with Gasteiger partial charge in [0, 0.05) is 16.7 Å². The highest BCUT2D eigenvalue weighted by molar-refractivity contribution is 6.30. The number of nitrogens with zero attached hydrogens (tertiary/aromatic N) is 1. The predicted octanol–water partition coefficient (Wildman–Crippen LogP) is 3.63. The number of aliphatic hydroxyl groups is 1. The van der Waals surface area contributed by atoms with Gasteiger partial charge in [-0.15, -0.1) is 0 Å². The van der Waals surface area contributed by atoms with Crippen molar-refractivity contribution in [3.05, 3.63) is 68.2 Å². The Kier molecular flexibility index (Phi) is 4.77. The minimum Gasteiger partial charge on any atom is -0.488 e. The van der Waals surface area contributed by atoms with Crippen LogP contribution >= 0.6 is 11.6 Å². The van der Waals surface area contributed by atoms with Gasteiger partial charge in [-0.1, -0.05) is 29.8 Å². The third-order valence-electron chi connectivity index (χ3n) is 3.07. The SMILES string of the molecule is Cc1cccc(CO)c1OCc1cc(Cl)ccc1[N+](=O)[O-]. The van der Waals surface area contributed by atoms with Gasteiger partial charge < -0.3 is 9.84 Å². The molecule has 2 aromatic rings. The van der Waals surface area contributed by atoms with E-state index >= 15 is 0 Å². The highest BCUT2D eigenvalue weighted by atomic mass is 35.5. The molecule has 0 fully saturated rings. The second-order valence-electron chi connectivity index (χ2n) is 4.54. The van der Waals surface area contributed by atoms with Crippen LogP contribution in [0.25, 0.3) is 0 Å². The van der Waals surface area contributed by atoms with Crippen molar-refractivity contribution in [1.82, 2.24) is 0 Å². The number of ether oxygens (including phenoxy) is 1. The normalized spacial score (nSPS) is 10.4. The molecular formula is C15H14ClNO4. The van der Waals surface area contributed by atoms with Crippen LogP contribution in [-0.4, -0.2) is 10.0 Å². The summed E-state index contributed by atoms with van der Waals surface area (Å²) >= 11 is 5.87. The number of aryl methyl sites for hydroxylation is 1. The molecule has 2 rings (SSSR count). The summed E-state index contributed by atoms with van der Waals surface area (Å²) in [6.07, 6.45) is 0. The number of benzene rings is 2. The first-order valence-electron chi connectivity index (χ1n) is 6.28. The van der Waals surface area contributed by atoms with Crippen LogP contribution in [0.2, 0.25) is 5.02 Å². The van der Waals surface area contributed by atoms with Gasteiger partial charge in [0.25, 0.3) is 5.69 Å². The lowest BCUT2D eigenvalue weighted by molar-refractivity contribution is -0.385. The summed E-state index contributed by atoms with van der Waals surface area (Å²) in [5.41, 5.74) is 1.84. The molecule has 6 heteroatoms. The van der Waals surface area contributed by atoms with Crippen molar-refractivity contribution < 1.29 is 14.8 Å². The Labute approximate surface area is 126 Å². The summed E-state index contributed by atoms with van der Waals surface area (Å²) in [6, 6.07) is 9.74. The number of nitro groups is 1. The molecule has 0 aliphatic heterocycles. The smallest absolute Gasteiger partial charge is 0.276 e. The molecule has 0 heterocycles. The second-order valence-corrected chi connectivity index (χ2v) is 4.98. The van der Waals surface area contributed by atoms with Gasteiger partial charge in [-0.2, -0.15) is 0 Å². The van der Waals surface area contributed by atoms with E-state index in [1.54, 1.807) is 6.07 Å². The van der Waals surface area contributed by atoms with E-state index in [-0.39, 0.29) is 18.9 Å². The van der Waals surface area contributed by atoms with Gasteiger partial charge in [-0.3, -0.25) is 10.1 Å². The average Bonchev–Trinajstić information content (AvgIpc) is 2.45. The van der Waals surface area contributed by atoms with E-state index in [0.29, 0.717) is 21.9 Å². The fraction of sp³-hybridized carbons (Fsp3) is 0.200. The predicted molar refractivity (Wildman–Crippen MR) is 79.5 cm³/mol. The molecule has 110 valence electrons. The van der Waals surface area contributed by atoms with Crippen LogP contribution in [0.15, 0.2) is 36.4 Å². The van der Waals surface area contributed by atoms with Crippen molar-refractivity contribution >= 4 is 17.3 Å². The highest BCUT2D eigenvalue weighted by Crippen LogP contribution is 2.28. The maximum absolute atomic E-state index is 11.0. The molecule has 0 atom stereocenters. The molecule has 0 radical (unpaired) electrons. The monoisotopic (exact) mass is 307 g/mol. The topological polar surface area (TPSA) is 72.6 Å². The van der Waals surface area contributed by atoms with E-state index in [1.165, 1.54) is 18.2 Å². The molecule has 0 aliphatic rings. The first-order valence-corrected chi connectivity index (χ1v) is 6.65. The van der Waals surface area contributed by atoms with Crippen molar-refractivity contribution in [2.75, 3.05) is 0 Å². The number of hydrogen-bond donors (Lipinski definition) is 1. The van der Waals surface area contributed by atoms with Crippen LogP contribution in [0, 0.1) is 17.0 Å². The highest BCUT2D eigenvalue weighted by Gasteiger charge is 2.15. The molecule has 0 spiro atoms. The molecule has 0 unspecified atom stereocenters. The Morgan fingerprint density at radius 1 is 1.29 bits per heavy atom. The third kappa shape index (κ3) is 3.51. The summed E-state index contributed by atoms with van der Waals surface area (Å²) in [7, 11) is 0. The average molecular weight is 308 g/mol. The molecule has 0 aliphatic carbocycles. The molecule has 0 bridgehead atoms. The Morgan fingerprint density at radius 2 is 2.05 bits per heavy atom. The fourth-order valence-corrected chi connectivity index (χ4v) is 2.24. The van der Waals surface area contributed by atoms with Crippen LogP contribution in [-0.2, 0) is 13.2 Å². The molecule has 1 N–H and O–H groups in total. The maximum Gasteiger partial charge on any atom is 0.276 e. The van der Waals surface area contributed by atoms with Gasteiger partial charge in [-0.05, 0) is 24.6 Å². The molecule has 0 aromatic heterocycles. The summed E-state index contributed by atoms with van der Waals surface area (Å²) in [6.45, 7) is 1.70. The number of nitro benzene ring substituents is 1. The molecule has 0 saturated carbocycles. The summed E-state index contributed by atoms with van der Waals surface area (Å²) in [5, 5.41) is 20.7. The molecule has 5 nitrogen and oxygen atoms in total. The Hall–Kier alpha value is -2.11. The van der Waals surface area contributed by atoms with E-state index in [2.05, 4.69) is 0 Å². The van der Waals surface area contributed by atoms with E-state index in [4.69, 9.17) is 16.3 Å². The van der Waals surface area contributed by atoms with Gasteiger partial charge in [0.2, 0.25) is 0 Å². The first kappa shape index (κ1) is 15.3. The summed E-state index contributed by atoms with van der Waals surface area (Å²) in [4.78, 5) is 10.5. The van der Waals surface area contributed by atoms with Crippen molar-refractivity contribution in [2.24, 2.45) is 0 Å². The number of halogens is 1. The first-order chi connectivity index (χ1) is 10.0. The Bertz CT molecular complexity index is 673. The Morgan fingerprint density at radius 3 is 2.71 bits per heavy atom. The zero-order valence-corrected chi connectivity index (χ0v) is 12.1. The Balaban J connectivity index is 2.28. The molecule has 21 heavy (non-hydrogen) atoms. The molecular weight excluding hydrogens is 294 g/mol. The lowest BCUT2D eigenvalue weighted by Crippen LogP contribution is -2.03. The van der Waals surface area contributed by atoms with Gasteiger partial charge in [0.15, 0.2) is 0 Å². The van der Waals surface area contributed by atoms with E-state index in [1.807, 2.05) is 19.1 Å². The van der Waals surface area contributed by atoms with Crippen LogP contribution in [0.4, 0.5) is 5.69 Å². The van der Waals surface area contributed by atoms with Crippen molar-refractivity contribution in [3.8, 4) is 5.75 Å². The van der Waals surface area contributed by atoms with Crippen molar-refractivity contribution in [2.45, 2.75) is 20.1 Å². The van der Waals surface area contributed by atoms with Crippen molar-refractivity contribution in [3.63, 3.8) is 0 Å². The fourth-order valence-electron chi connectivity index (χ4n) is 2.04. The standard InChI is InChI=1S/C15H14ClNO4/c1-10-3-2-4-11(8-18)15(10)21-9-12-7-13(16)5-6-14(12)17(19)20/h2-7,18H,8-9H2,1H3. The summed E-state index contributed by atoms with van der Waals surface area (Å²) < 4.78 is 5.67. The quantitative estimate of drug-likeness (QED) is 0.676. The molecule has 0 amide bonds. The lowest BCUT2D eigenvalue weighted by atomic mass is 10.1. The van der Waals surface area contributed by atoms with E-state index in [0.717, 1.165) is 5.56 Å². The van der Waals surface area contributed by atoms with E-state index < -0.39 is 4.92 Å². The van der Waals surface area contributed by atoms with Crippen molar-refractivity contribution in [1.29, 1.82) is 0 Å². The molecule has 0 saturated heterocycles. The number of para-hydroxylation sites is 1. The minimum atomic E-state index is -0.472. The largest absolute Gasteiger partial charge is 0.488 e. The van der Waals surface area contributed by atoms with Gasteiger partial charge >= 0.3 is 0 Å². The second kappa shape index (κ2) is 6.56. The number of rotatable bonds is 5. The lowest BCUT2D eigenvalue weighted by Gasteiger charge is -2.13. The maximum atomic E-state index is 11.0. The minimum absolute atomic E-state index is 0.00866. The van der Waals surface area contributed by atoms with Gasteiger partial charge in [0.05, 0.1) is 17.1 Å². The molecule has 2 aromatic carbocycles. The van der Waals surface area contributed by atoms with Crippen LogP contribution in [0.1, 0.15) is 16.7 Å². The summed E-state index contributed by atoms with van der Waals surface area (Å²) in [5.74, 6) is 0.536. The zero-order valence-electron chi connectivity index (χ0n) is 11.4. The number of hydrogen-bond acceptors (Lipinski definition) is 4. The van der Waals surface area contributed by atoms with Gasteiger partial charge in [0.1, 0.15) is 12.4 Å². The third-order valence-corrected chi connectivity index (χ3v) is 3.31. The van der Waals surface area contributed by atoms with Crippen LogP contribution in [0.5, 0.6) is 5.75 Å². The van der Waals surface area contributed by atoms with Crippen LogP contribution in [0.3, 0.4) is 0 Å². The van der Waals surface area contributed by atoms with Crippen LogP contribution < -0.4 is 4.74 Å². The van der Waals surface area contributed by atoms with Gasteiger partial charge in [-0.25, -0.2) is 0 Å². The number of aliphatic hydroxyl groups excluding tert-OH is 1.